The molecule has 0 aliphatic carbocycles. The summed E-state index contributed by atoms with van der Waals surface area (Å²) in [7, 11) is 0. The average molecular weight is 264 g/mol. The lowest BCUT2D eigenvalue weighted by Gasteiger charge is -2.16. The Morgan fingerprint density at radius 3 is 2.78 bits per heavy atom. The first-order valence-electron chi connectivity index (χ1n) is 6.42. The molecule has 1 fully saturated rings. The molecule has 0 atom stereocenters. The van der Waals surface area contributed by atoms with E-state index in [9.17, 15) is 0 Å². The number of benzene rings is 1. The monoisotopic (exact) mass is 264 g/mol. The van der Waals surface area contributed by atoms with Crippen molar-refractivity contribution in [2.24, 2.45) is 5.73 Å². The summed E-state index contributed by atoms with van der Waals surface area (Å²) in [4.78, 5) is 2.82. The normalized spacial score (nSPS) is 15.8. The number of hydrogen-bond donors (Lipinski definition) is 1. The summed E-state index contributed by atoms with van der Waals surface area (Å²) >= 11 is 5.05. The number of rotatable bonds is 5. The number of nitrogens with zero attached hydrogens (tertiary/aromatic N) is 1. The zero-order valence-corrected chi connectivity index (χ0v) is 11.6. The standard InChI is InChI=1S/C14H20N2OS/c1-11-4-5-13(12(10-11)14(15)18)17-9-8-16-6-2-3-7-16/h4-5,10H,2-3,6-9H2,1H3,(H2,15,18). The van der Waals surface area contributed by atoms with Crippen LogP contribution in [0.1, 0.15) is 24.0 Å². The third-order valence-corrected chi connectivity index (χ3v) is 3.48. The van der Waals surface area contributed by atoms with Gasteiger partial charge in [0, 0.05) is 6.54 Å². The van der Waals surface area contributed by atoms with Crippen LogP contribution in [0.25, 0.3) is 0 Å². The van der Waals surface area contributed by atoms with Gasteiger partial charge in [-0.1, -0.05) is 23.8 Å². The van der Waals surface area contributed by atoms with Crippen LogP contribution in [-0.2, 0) is 0 Å². The highest BCUT2D eigenvalue weighted by Crippen LogP contribution is 2.20. The van der Waals surface area contributed by atoms with E-state index >= 15 is 0 Å². The quantitative estimate of drug-likeness (QED) is 0.827. The zero-order chi connectivity index (χ0) is 13.0. The Balaban J connectivity index is 1.93. The third kappa shape index (κ3) is 3.43. The Hall–Kier alpha value is -1.13. The predicted octanol–water partition coefficient (Wildman–Crippen LogP) is 2.10. The summed E-state index contributed by atoms with van der Waals surface area (Å²) in [5, 5.41) is 0. The Kier molecular flexibility index (Phi) is 4.55. The van der Waals surface area contributed by atoms with E-state index in [1.165, 1.54) is 25.9 Å². The van der Waals surface area contributed by atoms with Crippen LogP contribution in [0.3, 0.4) is 0 Å². The first kappa shape index (κ1) is 13.3. The first-order chi connectivity index (χ1) is 8.66. The molecule has 0 saturated carbocycles. The molecule has 1 aliphatic rings. The largest absolute Gasteiger partial charge is 0.492 e. The molecule has 3 nitrogen and oxygen atoms in total. The molecule has 4 heteroatoms. The minimum Gasteiger partial charge on any atom is -0.492 e. The van der Waals surface area contributed by atoms with Crippen molar-refractivity contribution in [2.75, 3.05) is 26.2 Å². The van der Waals surface area contributed by atoms with Crippen LogP contribution in [-0.4, -0.2) is 36.1 Å². The average Bonchev–Trinajstić information content (AvgIpc) is 2.84. The van der Waals surface area contributed by atoms with Crippen molar-refractivity contribution in [3.05, 3.63) is 29.3 Å². The third-order valence-electron chi connectivity index (χ3n) is 3.26. The molecule has 98 valence electrons. The minimum atomic E-state index is 0.398. The zero-order valence-electron chi connectivity index (χ0n) is 10.8. The van der Waals surface area contributed by atoms with Crippen molar-refractivity contribution in [3.8, 4) is 5.75 Å². The van der Waals surface area contributed by atoms with E-state index in [2.05, 4.69) is 4.90 Å². The van der Waals surface area contributed by atoms with E-state index in [1.807, 2.05) is 25.1 Å². The lowest BCUT2D eigenvalue weighted by molar-refractivity contribution is 0.237. The summed E-state index contributed by atoms with van der Waals surface area (Å²) in [5.74, 6) is 0.798. The molecule has 0 bridgehead atoms. The second-order valence-corrected chi connectivity index (χ2v) is 5.20. The maximum atomic E-state index is 5.81. The number of hydrogen-bond acceptors (Lipinski definition) is 3. The van der Waals surface area contributed by atoms with Crippen molar-refractivity contribution in [3.63, 3.8) is 0 Å². The van der Waals surface area contributed by atoms with Crippen molar-refractivity contribution >= 4 is 17.2 Å². The Bertz CT molecular complexity index is 428. The lowest BCUT2D eigenvalue weighted by atomic mass is 10.1. The van der Waals surface area contributed by atoms with E-state index in [-0.39, 0.29) is 0 Å². The van der Waals surface area contributed by atoms with E-state index in [0.29, 0.717) is 11.6 Å². The Morgan fingerprint density at radius 1 is 1.39 bits per heavy atom. The van der Waals surface area contributed by atoms with Gasteiger partial charge in [-0.05, 0) is 45.0 Å². The van der Waals surface area contributed by atoms with E-state index in [4.69, 9.17) is 22.7 Å². The van der Waals surface area contributed by atoms with Gasteiger partial charge in [-0.2, -0.15) is 0 Å². The van der Waals surface area contributed by atoms with Gasteiger partial charge in [0.05, 0.1) is 5.56 Å². The van der Waals surface area contributed by atoms with Gasteiger partial charge in [0.15, 0.2) is 0 Å². The van der Waals surface area contributed by atoms with Crippen LogP contribution in [0, 0.1) is 6.92 Å². The fourth-order valence-corrected chi connectivity index (χ4v) is 2.41. The molecule has 1 aromatic rings. The number of aryl methyl sites for hydroxylation is 1. The maximum absolute atomic E-state index is 5.81. The van der Waals surface area contributed by atoms with Crippen LogP contribution in [0.4, 0.5) is 0 Å². The van der Waals surface area contributed by atoms with Crippen LogP contribution in [0.5, 0.6) is 5.75 Å². The van der Waals surface area contributed by atoms with Gasteiger partial charge in [0.2, 0.25) is 0 Å². The van der Waals surface area contributed by atoms with Gasteiger partial charge in [-0.15, -0.1) is 0 Å². The molecule has 2 rings (SSSR count). The molecule has 1 saturated heterocycles. The van der Waals surface area contributed by atoms with Crippen LogP contribution in [0.2, 0.25) is 0 Å². The predicted molar refractivity (Wildman–Crippen MR) is 78.2 cm³/mol. The Labute approximate surface area is 114 Å². The van der Waals surface area contributed by atoms with Crippen molar-refractivity contribution in [2.45, 2.75) is 19.8 Å². The summed E-state index contributed by atoms with van der Waals surface area (Å²) in [5.41, 5.74) is 7.70. The van der Waals surface area contributed by atoms with Gasteiger partial charge in [-0.25, -0.2) is 0 Å². The molecular formula is C14H20N2OS. The number of likely N-dealkylation sites (tertiary alicyclic amines) is 1. The van der Waals surface area contributed by atoms with Gasteiger partial charge in [0.25, 0.3) is 0 Å². The summed E-state index contributed by atoms with van der Waals surface area (Å²) in [6, 6.07) is 5.95. The molecule has 1 aliphatic heterocycles. The van der Waals surface area contributed by atoms with Crippen molar-refractivity contribution in [1.82, 2.24) is 4.90 Å². The highest BCUT2D eigenvalue weighted by molar-refractivity contribution is 7.80. The molecule has 0 radical (unpaired) electrons. The summed E-state index contributed by atoms with van der Waals surface area (Å²) in [6.45, 7) is 6.08. The molecule has 2 N–H and O–H groups in total. The van der Waals surface area contributed by atoms with Gasteiger partial charge < -0.3 is 10.5 Å². The molecule has 1 heterocycles. The van der Waals surface area contributed by atoms with E-state index in [0.717, 1.165) is 23.4 Å². The highest BCUT2D eigenvalue weighted by atomic mass is 32.1. The van der Waals surface area contributed by atoms with Gasteiger partial charge >= 0.3 is 0 Å². The second-order valence-electron chi connectivity index (χ2n) is 4.76. The molecular weight excluding hydrogens is 244 g/mol. The molecule has 0 aromatic heterocycles. The topological polar surface area (TPSA) is 38.5 Å². The van der Waals surface area contributed by atoms with Crippen LogP contribution >= 0.6 is 12.2 Å². The second kappa shape index (κ2) is 6.16. The van der Waals surface area contributed by atoms with Gasteiger partial charge in [0.1, 0.15) is 17.3 Å². The highest BCUT2D eigenvalue weighted by Gasteiger charge is 2.12. The lowest BCUT2D eigenvalue weighted by Crippen LogP contribution is -2.25. The van der Waals surface area contributed by atoms with E-state index < -0.39 is 0 Å². The van der Waals surface area contributed by atoms with Crippen molar-refractivity contribution < 1.29 is 4.74 Å². The number of thiocarbonyl (C=S) groups is 1. The summed E-state index contributed by atoms with van der Waals surface area (Å²) < 4.78 is 5.81. The smallest absolute Gasteiger partial charge is 0.129 e. The fourth-order valence-electron chi connectivity index (χ4n) is 2.25. The first-order valence-corrected chi connectivity index (χ1v) is 6.83. The number of nitrogens with two attached hydrogens (primary N) is 1. The van der Waals surface area contributed by atoms with Crippen LogP contribution in [0.15, 0.2) is 18.2 Å². The Morgan fingerprint density at radius 2 is 2.11 bits per heavy atom. The minimum absolute atomic E-state index is 0.398. The maximum Gasteiger partial charge on any atom is 0.129 e. The molecule has 1 aromatic carbocycles. The SMILES string of the molecule is Cc1ccc(OCCN2CCCC2)c(C(N)=S)c1. The summed E-state index contributed by atoms with van der Waals surface area (Å²) in [6.07, 6.45) is 2.62. The van der Waals surface area contributed by atoms with Crippen molar-refractivity contribution in [1.29, 1.82) is 0 Å². The molecule has 18 heavy (non-hydrogen) atoms. The van der Waals surface area contributed by atoms with Crippen LogP contribution < -0.4 is 10.5 Å². The molecule has 0 amide bonds. The number of ether oxygens (including phenoxy) is 1. The fraction of sp³-hybridized carbons (Fsp3) is 0.500. The molecule has 0 unspecified atom stereocenters. The van der Waals surface area contributed by atoms with Gasteiger partial charge in [-0.3, -0.25) is 4.90 Å². The van der Waals surface area contributed by atoms with E-state index in [1.54, 1.807) is 0 Å². The molecule has 0 spiro atoms.